The molecule has 1 aliphatic rings. The fraction of sp³-hybridized carbons (Fsp3) is 0.611. The first-order chi connectivity index (χ1) is 10.6. The van der Waals surface area contributed by atoms with Crippen LogP contribution in [-0.2, 0) is 4.79 Å². The van der Waals surface area contributed by atoms with Gasteiger partial charge in [-0.2, -0.15) is 0 Å². The van der Waals surface area contributed by atoms with E-state index in [1.165, 1.54) is 18.4 Å². The van der Waals surface area contributed by atoms with Crippen molar-refractivity contribution in [2.45, 2.75) is 45.1 Å². The summed E-state index contributed by atoms with van der Waals surface area (Å²) in [6.07, 6.45) is 5.11. The molecule has 22 heavy (non-hydrogen) atoms. The maximum absolute atomic E-state index is 12.3. The Labute approximate surface area is 133 Å². The van der Waals surface area contributed by atoms with Gasteiger partial charge in [0.15, 0.2) is 0 Å². The molecule has 1 amide bonds. The number of ether oxygens (including phenoxy) is 1. The average molecular weight is 304 g/mol. The minimum absolute atomic E-state index is 0.176. The molecule has 2 unspecified atom stereocenters. The van der Waals surface area contributed by atoms with Gasteiger partial charge in [-0.25, -0.2) is 0 Å². The molecule has 0 saturated heterocycles. The van der Waals surface area contributed by atoms with Crippen LogP contribution in [0.25, 0.3) is 0 Å². The van der Waals surface area contributed by atoms with Gasteiger partial charge in [-0.15, -0.1) is 0 Å². The Morgan fingerprint density at radius 2 is 1.95 bits per heavy atom. The Bertz CT molecular complexity index is 472. The van der Waals surface area contributed by atoms with Gasteiger partial charge in [0, 0.05) is 19.5 Å². The molecule has 0 spiro atoms. The Morgan fingerprint density at radius 1 is 1.27 bits per heavy atom. The standard InChI is InChI=1S/C18H28N2O2/c1-14-7-9-16(10-8-14)22-12-11-20(2)18(21)13-15-5-3-4-6-17(15)19/h7-10,15,17H,3-6,11-13,19H2,1-2H3. The van der Waals surface area contributed by atoms with E-state index >= 15 is 0 Å². The van der Waals surface area contributed by atoms with Crippen LogP contribution in [0.3, 0.4) is 0 Å². The number of carbonyl (C=O) groups excluding carboxylic acids is 1. The van der Waals surface area contributed by atoms with Crippen molar-refractivity contribution in [2.75, 3.05) is 20.2 Å². The van der Waals surface area contributed by atoms with E-state index < -0.39 is 0 Å². The van der Waals surface area contributed by atoms with E-state index in [1.807, 2.05) is 38.2 Å². The van der Waals surface area contributed by atoms with Crippen molar-refractivity contribution in [1.29, 1.82) is 0 Å². The van der Waals surface area contributed by atoms with Gasteiger partial charge in [0.2, 0.25) is 5.91 Å². The van der Waals surface area contributed by atoms with E-state index in [4.69, 9.17) is 10.5 Å². The molecule has 1 aliphatic carbocycles. The predicted octanol–water partition coefficient (Wildman–Crippen LogP) is 2.74. The van der Waals surface area contributed by atoms with Crippen LogP contribution in [0.4, 0.5) is 0 Å². The molecule has 122 valence electrons. The van der Waals surface area contributed by atoms with Crippen molar-refractivity contribution >= 4 is 5.91 Å². The van der Waals surface area contributed by atoms with Crippen LogP contribution in [-0.4, -0.2) is 37.0 Å². The summed E-state index contributed by atoms with van der Waals surface area (Å²) in [5.74, 6) is 1.37. The summed E-state index contributed by atoms with van der Waals surface area (Å²) in [5.41, 5.74) is 7.33. The molecule has 0 heterocycles. The molecule has 0 bridgehead atoms. The van der Waals surface area contributed by atoms with E-state index in [-0.39, 0.29) is 11.9 Å². The fourth-order valence-corrected chi connectivity index (χ4v) is 2.93. The topological polar surface area (TPSA) is 55.6 Å². The third-order valence-corrected chi connectivity index (χ3v) is 4.55. The number of nitrogens with two attached hydrogens (primary N) is 1. The predicted molar refractivity (Wildman–Crippen MR) is 88.9 cm³/mol. The van der Waals surface area contributed by atoms with Gasteiger partial charge in [0.25, 0.3) is 0 Å². The highest BCUT2D eigenvalue weighted by atomic mass is 16.5. The van der Waals surface area contributed by atoms with Crippen molar-refractivity contribution in [2.24, 2.45) is 11.7 Å². The first-order valence-corrected chi connectivity index (χ1v) is 8.25. The average Bonchev–Trinajstić information content (AvgIpc) is 2.51. The smallest absolute Gasteiger partial charge is 0.222 e. The first-order valence-electron chi connectivity index (χ1n) is 8.25. The molecule has 2 N–H and O–H groups in total. The van der Waals surface area contributed by atoms with Gasteiger partial charge in [0.1, 0.15) is 12.4 Å². The quantitative estimate of drug-likeness (QED) is 0.879. The third kappa shape index (κ3) is 5.02. The van der Waals surface area contributed by atoms with Crippen LogP contribution < -0.4 is 10.5 Å². The summed E-state index contributed by atoms with van der Waals surface area (Å²) >= 11 is 0. The van der Waals surface area contributed by atoms with Crippen LogP contribution in [0.2, 0.25) is 0 Å². The van der Waals surface area contributed by atoms with Gasteiger partial charge in [-0.1, -0.05) is 30.5 Å². The lowest BCUT2D eigenvalue weighted by molar-refractivity contribution is -0.131. The lowest BCUT2D eigenvalue weighted by atomic mass is 9.83. The maximum atomic E-state index is 12.3. The summed E-state index contributed by atoms with van der Waals surface area (Å²) in [5, 5.41) is 0. The molecule has 2 rings (SSSR count). The molecule has 4 heteroatoms. The highest BCUT2D eigenvalue weighted by Gasteiger charge is 2.25. The van der Waals surface area contributed by atoms with Crippen LogP contribution >= 0.6 is 0 Å². The molecule has 0 radical (unpaired) electrons. The van der Waals surface area contributed by atoms with Gasteiger partial charge >= 0.3 is 0 Å². The molecule has 1 aromatic carbocycles. The normalized spacial score (nSPS) is 21.4. The zero-order chi connectivity index (χ0) is 15.9. The molecular weight excluding hydrogens is 276 g/mol. The molecule has 1 fully saturated rings. The number of benzene rings is 1. The van der Waals surface area contributed by atoms with Crippen molar-refractivity contribution in [3.05, 3.63) is 29.8 Å². The number of aryl methyl sites for hydroxylation is 1. The summed E-state index contributed by atoms with van der Waals surface area (Å²) in [6, 6.07) is 8.15. The zero-order valence-electron chi connectivity index (χ0n) is 13.8. The summed E-state index contributed by atoms with van der Waals surface area (Å²) in [4.78, 5) is 14.0. The molecule has 1 saturated carbocycles. The minimum atomic E-state index is 0.176. The summed E-state index contributed by atoms with van der Waals surface area (Å²) in [7, 11) is 1.84. The van der Waals surface area contributed by atoms with Gasteiger partial charge in [-0.05, 0) is 37.8 Å². The second-order valence-electron chi connectivity index (χ2n) is 6.39. The van der Waals surface area contributed by atoms with E-state index in [0.717, 1.165) is 18.6 Å². The molecule has 0 aromatic heterocycles. The number of amides is 1. The molecular formula is C18H28N2O2. The van der Waals surface area contributed by atoms with E-state index in [1.54, 1.807) is 4.90 Å². The number of hydrogen-bond acceptors (Lipinski definition) is 3. The third-order valence-electron chi connectivity index (χ3n) is 4.55. The Hall–Kier alpha value is -1.55. The monoisotopic (exact) mass is 304 g/mol. The SMILES string of the molecule is Cc1ccc(OCCN(C)C(=O)CC2CCCCC2N)cc1. The van der Waals surface area contributed by atoms with Crippen molar-refractivity contribution < 1.29 is 9.53 Å². The Kier molecular flexibility index (Phi) is 6.25. The lowest BCUT2D eigenvalue weighted by Crippen LogP contribution is -2.38. The number of rotatable bonds is 6. The zero-order valence-corrected chi connectivity index (χ0v) is 13.8. The summed E-state index contributed by atoms with van der Waals surface area (Å²) < 4.78 is 5.67. The van der Waals surface area contributed by atoms with Crippen molar-refractivity contribution in [3.63, 3.8) is 0 Å². The first kappa shape index (κ1) is 16.8. The fourth-order valence-electron chi connectivity index (χ4n) is 2.93. The van der Waals surface area contributed by atoms with Crippen LogP contribution in [0.15, 0.2) is 24.3 Å². The van der Waals surface area contributed by atoms with E-state index in [2.05, 4.69) is 0 Å². The lowest BCUT2D eigenvalue weighted by Gasteiger charge is -2.29. The second-order valence-corrected chi connectivity index (χ2v) is 6.39. The number of nitrogens with zero attached hydrogens (tertiary/aromatic N) is 1. The molecule has 4 nitrogen and oxygen atoms in total. The van der Waals surface area contributed by atoms with E-state index in [0.29, 0.717) is 25.5 Å². The largest absolute Gasteiger partial charge is 0.492 e. The number of hydrogen-bond donors (Lipinski definition) is 1. The molecule has 0 aliphatic heterocycles. The number of carbonyl (C=O) groups is 1. The Balaban J connectivity index is 1.70. The van der Waals surface area contributed by atoms with E-state index in [9.17, 15) is 4.79 Å². The maximum Gasteiger partial charge on any atom is 0.222 e. The summed E-state index contributed by atoms with van der Waals surface area (Å²) in [6.45, 7) is 3.17. The van der Waals surface area contributed by atoms with Crippen LogP contribution in [0.5, 0.6) is 5.75 Å². The van der Waals surface area contributed by atoms with Crippen molar-refractivity contribution in [1.82, 2.24) is 4.90 Å². The number of likely N-dealkylation sites (N-methyl/N-ethyl adjacent to an activating group) is 1. The minimum Gasteiger partial charge on any atom is -0.492 e. The highest BCUT2D eigenvalue weighted by Crippen LogP contribution is 2.26. The van der Waals surface area contributed by atoms with Crippen molar-refractivity contribution in [3.8, 4) is 5.75 Å². The van der Waals surface area contributed by atoms with Gasteiger partial charge in [-0.3, -0.25) is 4.79 Å². The van der Waals surface area contributed by atoms with Gasteiger partial charge in [0.05, 0.1) is 6.54 Å². The Morgan fingerprint density at radius 3 is 2.64 bits per heavy atom. The van der Waals surface area contributed by atoms with Crippen LogP contribution in [0, 0.1) is 12.8 Å². The molecule has 2 atom stereocenters. The van der Waals surface area contributed by atoms with Gasteiger partial charge < -0.3 is 15.4 Å². The molecule has 1 aromatic rings. The second kappa shape index (κ2) is 8.18. The highest BCUT2D eigenvalue weighted by molar-refractivity contribution is 5.76. The van der Waals surface area contributed by atoms with Crippen LogP contribution in [0.1, 0.15) is 37.7 Å².